The third kappa shape index (κ3) is 6.50. The van der Waals surface area contributed by atoms with Gasteiger partial charge in [-0.15, -0.1) is 0 Å². The maximum absolute atomic E-state index is 12.0. The number of rotatable bonds is 4. The fourth-order valence-electron chi connectivity index (χ4n) is 1.71. The summed E-state index contributed by atoms with van der Waals surface area (Å²) in [5, 5.41) is 7.57. The van der Waals surface area contributed by atoms with Crippen molar-refractivity contribution in [2.24, 2.45) is 0 Å². The summed E-state index contributed by atoms with van der Waals surface area (Å²) in [5.74, 6) is 0.200. The normalized spacial score (nSPS) is 10.5. The highest BCUT2D eigenvalue weighted by Gasteiger charge is 2.12. The van der Waals surface area contributed by atoms with Crippen molar-refractivity contribution in [2.45, 2.75) is 18.4 Å². The Bertz CT molecular complexity index is 530. The Labute approximate surface area is 120 Å². The van der Waals surface area contributed by atoms with Gasteiger partial charge in [-0.2, -0.15) is 0 Å². The SMILES string of the molecule is CCO.O=S(=O)(Cc1ccccc1)Cc1ccccc1. The fraction of sp³-hybridized carbons (Fsp3) is 0.250. The lowest BCUT2D eigenvalue weighted by molar-refractivity contribution is 0.318. The third-order valence-electron chi connectivity index (χ3n) is 2.46. The van der Waals surface area contributed by atoms with E-state index in [0.29, 0.717) is 0 Å². The highest BCUT2D eigenvalue weighted by atomic mass is 32.2. The summed E-state index contributed by atoms with van der Waals surface area (Å²) in [7, 11) is -3.09. The molecule has 0 amide bonds. The number of hydrogen-bond donors (Lipinski definition) is 1. The highest BCUT2D eigenvalue weighted by Crippen LogP contribution is 2.11. The van der Waals surface area contributed by atoms with E-state index in [0.717, 1.165) is 11.1 Å². The maximum atomic E-state index is 12.0. The minimum Gasteiger partial charge on any atom is -0.397 e. The summed E-state index contributed by atoms with van der Waals surface area (Å²) < 4.78 is 23.9. The Morgan fingerprint density at radius 3 is 1.40 bits per heavy atom. The first-order chi connectivity index (χ1) is 9.57. The van der Waals surface area contributed by atoms with Crippen LogP contribution in [0.3, 0.4) is 0 Å². The number of benzene rings is 2. The van der Waals surface area contributed by atoms with E-state index in [1.54, 1.807) is 6.92 Å². The summed E-state index contributed by atoms with van der Waals surface area (Å²) in [4.78, 5) is 0. The molecule has 0 aliphatic heterocycles. The van der Waals surface area contributed by atoms with Crippen LogP contribution in [0.1, 0.15) is 18.1 Å². The molecule has 2 rings (SSSR count). The van der Waals surface area contributed by atoms with Crippen LogP contribution in [0.4, 0.5) is 0 Å². The van der Waals surface area contributed by atoms with Crippen LogP contribution in [0.2, 0.25) is 0 Å². The maximum Gasteiger partial charge on any atom is 0.158 e. The molecule has 4 heteroatoms. The molecule has 1 N–H and O–H groups in total. The summed E-state index contributed by atoms with van der Waals surface area (Å²) in [6, 6.07) is 18.5. The smallest absolute Gasteiger partial charge is 0.158 e. The first-order valence-electron chi connectivity index (χ1n) is 6.46. The van der Waals surface area contributed by atoms with Crippen molar-refractivity contribution < 1.29 is 13.5 Å². The van der Waals surface area contributed by atoms with E-state index in [1.165, 1.54) is 0 Å². The van der Waals surface area contributed by atoms with Crippen molar-refractivity contribution in [1.29, 1.82) is 0 Å². The molecule has 20 heavy (non-hydrogen) atoms. The van der Waals surface area contributed by atoms with Gasteiger partial charge in [0, 0.05) is 6.61 Å². The molecule has 0 heterocycles. The van der Waals surface area contributed by atoms with E-state index in [9.17, 15) is 8.42 Å². The minimum atomic E-state index is -3.09. The molecular weight excluding hydrogens is 272 g/mol. The van der Waals surface area contributed by atoms with Crippen molar-refractivity contribution >= 4 is 9.84 Å². The molecular formula is C16H20O3S. The lowest BCUT2D eigenvalue weighted by atomic mass is 10.2. The summed E-state index contributed by atoms with van der Waals surface area (Å²) in [6.45, 7) is 1.93. The van der Waals surface area contributed by atoms with E-state index in [2.05, 4.69) is 0 Å². The topological polar surface area (TPSA) is 54.4 Å². The van der Waals surface area contributed by atoms with Gasteiger partial charge in [-0.25, -0.2) is 8.42 Å². The number of aliphatic hydroxyl groups is 1. The van der Waals surface area contributed by atoms with Crippen LogP contribution < -0.4 is 0 Å². The second-order valence-corrected chi connectivity index (χ2v) is 6.38. The number of sulfone groups is 1. The number of hydrogen-bond acceptors (Lipinski definition) is 3. The average Bonchev–Trinajstić information content (AvgIpc) is 2.40. The fourth-order valence-corrected chi connectivity index (χ4v) is 3.21. The molecule has 0 atom stereocenters. The molecule has 0 aliphatic carbocycles. The van der Waals surface area contributed by atoms with Crippen LogP contribution >= 0.6 is 0 Å². The van der Waals surface area contributed by atoms with Gasteiger partial charge in [-0.05, 0) is 18.1 Å². The van der Waals surface area contributed by atoms with Gasteiger partial charge in [0.2, 0.25) is 0 Å². The van der Waals surface area contributed by atoms with Gasteiger partial charge in [0.15, 0.2) is 9.84 Å². The summed E-state index contributed by atoms with van der Waals surface area (Å²) in [6.07, 6.45) is 0. The lowest BCUT2D eigenvalue weighted by Gasteiger charge is -2.04. The van der Waals surface area contributed by atoms with Gasteiger partial charge in [0.1, 0.15) is 0 Å². The van der Waals surface area contributed by atoms with Crippen molar-refractivity contribution in [3.63, 3.8) is 0 Å². The van der Waals surface area contributed by atoms with Crippen LogP contribution in [0.25, 0.3) is 0 Å². The second kappa shape index (κ2) is 8.51. The largest absolute Gasteiger partial charge is 0.397 e. The molecule has 0 radical (unpaired) electrons. The zero-order valence-corrected chi connectivity index (χ0v) is 12.4. The quantitative estimate of drug-likeness (QED) is 0.942. The summed E-state index contributed by atoms with van der Waals surface area (Å²) in [5.41, 5.74) is 1.67. The zero-order chi connectivity index (χ0) is 14.8. The van der Waals surface area contributed by atoms with Gasteiger partial charge in [0.05, 0.1) is 11.5 Å². The van der Waals surface area contributed by atoms with Crippen LogP contribution in [0.5, 0.6) is 0 Å². The molecule has 0 spiro atoms. The number of aliphatic hydroxyl groups excluding tert-OH is 1. The molecule has 0 fully saturated rings. The van der Waals surface area contributed by atoms with Crippen molar-refractivity contribution in [2.75, 3.05) is 6.61 Å². The van der Waals surface area contributed by atoms with Crippen molar-refractivity contribution in [1.82, 2.24) is 0 Å². The van der Waals surface area contributed by atoms with E-state index >= 15 is 0 Å². The Balaban J connectivity index is 0.000000612. The van der Waals surface area contributed by atoms with Crippen molar-refractivity contribution in [3.8, 4) is 0 Å². The first kappa shape index (κ1) is 16.4. The molecule has 0 saturated heterocycles. The molecule has 0 unspecified atom stereocenters. The highest BCUT2D eigenvalue weighted by molar-refractivity contribution is 7.89. The summed E-state index contributed by atoms with van der Waals surface area (Å²) >= 11 is 0. The van der Waals surface area contributed by atoms with Crippen LogP contribution in [0, 0.1) is 0 Å². The molecule has 108 valence electrons. The van der Waals surface area contributed by atoms with Gasteiger partial charge < -0.3 is 5.11 Å². The van der Waals surface area contributed by atoms with E-state index in [4.69, 9.17) is 5.11 Å². The van der Waals surface area contributed by atoms with Gasteiger partial charge in [0.25, 0.3) is 0 Å². The zero-order valence-electron chi connectivity index (χ0n) is 11.6. The van der Waals surface area contributed by atoms with E-state index in [1.807, 2.05) is 60.7 Å². The van der Waals surface area contributed by atoms with Crippen LogP contribution in [0.15, 0.2) is 60.7 Å². The Kier molecular flexibility index (Phi) is 6.98. The molecule has 0 aliphatic rings. The van der Waals surface area contributed by atoms with Gasteiger partial charge >= 0.3 is 0 Å². The molecule has 0 saturated carbocycles. The lowest BCUT2D eigenvalue weighted by Crippen LogP contribution is -2.07. The van der Waals surface area contributed by atoms with E-state index in [-0.39, 0.29) is 18.1 Å². The van der Waals surface area contributed by atoms with Crippen LogP contribution in [-0.2, 0) is 21.3 Å². The van der Waals surface area contributed by atoms with Crippen molar-refractivity contribution in [3.05, 3.63) is 71.8 Å². The molecule has 3 nitrogen and oxygen atoms in total. The average molecular weight is 292 g/mol. The first-order valence-corrected chi connectivity index (χ1v) is 8.28. The predicted octanol–water partition coefficient (Wildman–Crippen LogP) is 2.80. The Hall–Kier alpha value is -1.65. The van der Waals surface area contributed by atoms with Gasteiger partial charge in [-0.1, -0.05) is 60.7 Å². The monoisotopic (exact) mass is 292 g/mol. The molecule has 0 aromatic heterocycles. The van der Waals surface area contributed by atoms with Gasteiger partial charge in [-0.3, -0.25) is 0 Å². The molecule has 2 aromatic carbocycles. The predicted molar refractivity (Wildman–Crippen MR) is 82.0 cm³/mol. The minimum absolute atomic E-state index is 0.0999. The molecule has 0 bridgehead atoms. The third-order valence-corrected chi connectivity index (χ3v) is 4.01. The van der Waals surface area contributed by atoms with E-state index < -0.39 is 9.84 Å². The molecule has 2 aromatic rings. The van der Waals surface area contributed by atoms with Crippen LogP contribution in [-0.4, -0.2) is 20.1 Å². The Morgan fingerprint density at radius 2 is 1.10 bits per heavy atom. The Morgan fingerprint density at radius 1 is 0.800 bits per heavy atom. The second-order valence-electron chi connectivity index (χ2n) is 4.32. The standard InChI is InChI=1S/C14H14O2S.C2H6O/c15-17(16,11-13-7-3-1-4-8-13)12-14-9-5-2-6-10-14;1-2-3/h1-10H,11-12H2;3H,2H2,1H3.